The summed E-state index contributed by atoms with van der Waals surface area (Å²) < 4.78 is 5.46. The number of aromatic amines is 1. The van der Waals surface area contributed by atoms with E-state index in [1.54, 1.807) is 6.20 Å². The highest BCUT2D eigenvalue weighted by atomic mass is 16.5. The Morgan fingerprint density at radius 2 is 2.29 bits per heavy atom. The van der Waals surface area contributed by atoms with E-state index in [1.165, 1.54) is 0 Å². The molecule has 90 valence electrons. The van der Waals surface area contributed by atoms with Crippen molar-refractivity contribution in [1.29, 1.82) is 0 Å². The number of benzene rings is 1. The van der Waals surface area contributed by atoms with Gasteiger partial charge in [-0.05, 0) is 32.0 Å². The van der Waals surface area contributed by atoms with Crippen LogP contribution in [0.3, 0.4) is 0 Å². The third-order valence-corrected chi connectivity index (χ3v) is 2.52. The number of rotatable bonds is 5. The van der Waals surface area contributed by atoms with Gasteiger partial charge in [0.05, 0.1) is 18.3 Å². The van der Waals surface area contributed by atoms with Crippen molar-refractivity contribution in [3.05, 3.63) is 42.2 Å². The first-order chi connectivity index (χ1) is 8.29. The van der Waals surface area contributed by atoms with E-state index in [0.29, 0.717) is 6.61 Å². The molecule has 0 saturated carbocycles. The van der Waals surface area contributed by atoms with E-state index in [-0.39, 0.29) is 6.04 Å². The van der Waals surface area contributed by atoms with Crippen LogP contribution in [0, 0.1) is 0 Å². The molecule has 0 fully saturated rings. The summed E-state index contributed by atoms with van der Waals surface area (Å²) in [6, 6.07) is 10.1. The van der Waals surface area contributed by atoms with Gasteiger partial charge >= 0.3 is 0 Å². The quantitative estimate of drug-likeness (QED) is 0.831. The van der Waals surface area contributed by atoms with Gasteiger partial charge in [-0.2, -0.15) is 5.10 Å². The predicted octanol–water partition coefficient (Wildman–Crippen LogP) is 2.98. The van der Waals surface area contributed by atoms with Crippen molar-refractivity contribution in [2.24, 2.45) is 0 Å². The summed E-state index contributed by atoms with van der Waals surface area (Å²) in [5, 5.41) is 10.3. The fourth-order valence-electron chi connectivity index (χ4n) is 1.68. The van der Waals surface area contributed by atoms with Gasteiger partial charge in [-0.1, -0.05) is 6.07 Å². The molecule has 1 aromatic heterocycles. The summed E-state index contributed by atoms with van der Waals surface area (Å²) in [5.41, 5.74) is 2.10. The first-order valence-corrected chi connectivity index (χ1v) is 5.78. The Hall–Kier alpha value is -1.97. The number of nitrogens with one attached hydrogen (secondary N) is 2. The number of anilines is 1. The van der Waals surface area contributed by atoms with Gasteiger partial charge in [-0.3, -0.25) is 5.10 Å². The Kier molecular flexibility index (Phi) is 3.65. The molecule has 0 saturated heterocycles. The van der Waals surface area contributed by atoms with Crippen LogP contribution in [0.1, 0.15) is 25.6 Å². The predicted molar refractivity (Wildman–Crippen MR) is 68.2 cm³/mol. The minimum absolute atomic E-state index is 0.189. The Bertz CT molecular complexity index is 453. The molecule has 17 heavy (non-hydrogen) atoms. The molecule has 1 heterocycles. The molecule has 1 atom stereocenters. The number of hydrogen-bond donors (Lipinski definition) is 2. The van der Waals surface area contributed by atoms with Gasteiger partial charge in [0, 0.05) is 18.0 Å². The second-order valence-electron chi connectivity index (χ2n) is 3.84. The molecule has 0 spiro atoms. The topological polar surface area (TPSA) is 49.9 Å². The Balaban J connectivity index is 2.05. The summed E-state index contributed by atoms with van der Waals surface area (Å²) in [6.45, 7) is 4.74. The second kappa shape index (κ2) is 5.39. The molecule has 0 aliphatic rings. The summed E-state index contributed by atoms with van der Waals surface area (Å²) in [7, 11) is 0. The van der Waals surface area contributed by atoms with E-state index in [1.807, 2.05) is 37.3 Å². The molecule has 0 aliphatic heterocycles. The smallest absolute Gasteiger partial charge is 0.121 e. The Labute approximate surface area is 101 Å². The molecule has 0 radical (unpaired) electrons. The third kappa shape index (κ3) is 3.00. The van der Waals surface area contributed by atoms with E-state index >= 15 is 0 Å². The van der Waals surface area contributed by atoms with Crippen LogP contribution in [0.2, 0.25) is 0 Å². The van der Waals surface area contributed by atoms with E-state index in [0.717, 1.165) is 17.1 Å². The first-order valence-electron chi connectivity index (χ1n) is 5.78. The SMILES string of the molecule is CCOc1cccc(NC(C)c2ccn[nH]2)c1. The lowest BCUT2D eigenvalue weighted by atomic mass is 10.2. The van der Waals surface area contributed by atoms with Crippen molar-refractivity contribution < 1.29 is 4.74 Å². The normalized spacial score (nSPS) is 12.1. The van der Waals surface area contributed by atoms with Crippen LogP contribution in [0.5, 0.6) is 5.75 Å². The van der Waals surface area contributed by atoms with E-state index in [2.05, 4.69) is 22.4 Å². The van der Waals surface area contributed by atoms with Crippen molar-refractivity contribution in [2.45, 2.75) is 19.9 Å². The van der Waals surface area contributed by atoms with Crippen LogP contribution in [-0.2, 0) is 0 Å². The van der Waals surface area contributed by atoms with E-state index < -0.39 is 0 Å². The van der Waals surface area contributed by atoms with Crippen molar-refractivity contribution in [1.82, 2.24) is 10.2 Å². The van der Waals surface area contributed by atoms with Crippen molar-refractivity contribution >= 4 is 5.69 Å². The largest absolute Gasteiger partial charge is 0.494 e. The Morgan fingerprint density at radius 1 is 1.41 bits per heavy atom. The summed E-state index contributed by atoms with van der Waals surface area (Å²) >= 11 is 0. The highest BCUT2D eigenvalue weighted by molar-refractivity contribution is 5.49. The fourth-order valence-corrected chi connectivity index (χ4v) is 1.68. The van der Waals surface area contributed by atoms with Crippen molar-refractivity contribution in [2.75, 3.05) is 11.9 Å². The standard InChI is InChI=1S/C13H17N3O/c1-3-17-12-6-4-5-11(9-12)15-10(2)13-7-8-14-16-13/h4-10,15H,3H2,1-2H3,(H,14,16). The molecule has 2 aromatic rings. The molecule has 4 nitrogen and oxygen atoms in total. The zero-order valence-electron chi connectivity index (χ0n) is 10.1. The minimum Gasteiger partial charge on any atom is -0.494 e. The molecular weight excluding hydrogens is 214 g/mol. The van der Waals surface area contributed by atoms with Crippen LogP contribution >= 0.6 is 0 Å². The van der Waals surface area contributed by atoms with Crippen LogP contribution in [-0.4, -0.2) is 16.8 Å². The summed E-state index contributed by atoms with van der Waals surface area (Å²) in [6.07, 6.45) is 1.75. The minimum atomic E-state index is 0.189. The van der Waals surface area contributed by atoms with Gasteiger partial charge in [-0.15, -0.1) is 0 Å². The number of H-pyrrole nitrogens is 1. The number of aromatic nitrogens is 2. The average Bonchev–Trinajstić information content (AvgIpc) is 2.83. The lowest BCUT2D eigenvalue weighted by molar-refractivity contribution is 0.340. The molecule has 0 amide bonds. The highest BCUT2D eigenvalue weighted by Gasteiger charge is 2.06. The van der Waals surface area contributed by atoms with E-state index in [9.17, 15) is 0 Å². The monoisotopic (exact) mass is 231 g/mol. The molecule has 4 heteroatoms. The number of nitrogens with zero attached hydrogens (tertiary/aromatic N) is 1. The molecule has 1 unspecified atom stereocenters. The maximum atomic E-state index is 5.46. The molecule has 2 rings (SSSR count). The van der Waals surface area contributed by atoms with Gasteiger partial charge in [-0.25, -0.2) is 0 Å². The van der Waals surface area contributed by atoms with Gasteiger partial charge < -0.3 is 10.1 Å². The second-order valence-corrected chi connectivity index (χ2v) is 3.84. The molecule has 2 N–H and O–H groups in total. The van der Waals surface area contributed by atoms with Crippen LogP contribution < -0.4 is 10.1 Å². The third-order valence-electron chi connectivity index (χ3n) is 2.52. The van der Waals surface area contributed by atoms with Gasteiger partial charge in [0.15, 0.2) is 0 Å². The molecule has 0 bridgehead atoms. The van der Waals surface area contributed by atoms with Crippen LogP contribution in [0.25, 0.3) is 0 Å². The van der Waals surface area contributed by atoms with Crippen molar-refractivity contribution in [3.63, 3.8) is 0 Å². The zero-order valence-corrected chi connectivity index (χ0v) is 10.1. The maximum Gasteiger partial charge on any atom is 0.121 e. The zero-order chi connectivity index (χ0) is 12.1. The van der Waals surface area contributed by atoms with Crippen LogP contribution in [0.15, 0.2) is 36.5 Å². The lowest BCUT2D eigenvalue weighted by Crippen LogP contribution is -2.07. The lowest BCUT2D eigenvalue weighted by Gasteiger charge is -2.14. The molecule has 0 aliphatic carbocycles. The van der Waals surface area contributed by atoms with Gasteiger partial charge in [0.1, 0.15) is 5.75 Å². The Morgan fingerprint density at radius 3 is 3.00 bits per heavy atom. The number of hydrogen-bond acceptors (Lipinski definition) is 3. The van der Waals surface area contributed by atoms with Crippen molar-refractivity contribution in [3.8, 4) is 5.75 Å². The summed E-state index contributed by atoms with van der Waals surface area (Å²) in [5.74, 6) is 0.884. The fraction of sp³-hybridized carbons (Fsp3) is 0.308. The summed E-state index contributed by atoms with van der Waals surface area (Å²) in [4.78, 5) is 0. The van der Waals surface area contributed by atoms with E-state index in [4.69, 9.17) is 4.74 Å². The van der Waals surface area contributed by atoms with Crippen LogP contribution in [0.4, 0.5) is 5.69 Å². The van der Waals surface area contributed by atoms with Gasteiger partial charge in [0.25, 0.3) is 0 Å². The first kappa shape index (κ1) is 11.5. The number of ether oxygens (including phenoxy) is 1. The van der Waals surface area contributed by atoms with Gasteiger partial charge in [0.2, 0.25) is 0 Å². The average molecular weight is 231 g/mol. The molecular formula is C13H17N3O. The maximum absolute atomic E-state index is 5.46. The highest BCUT2D eigenvalue weighted by Crippen LogP contribution is 2.21. The molecule has 1 aromatic carbocycles.